The van der Waals surface area contributed by atoms with Crippen molar-refractivity contribution in [1.82, 2.24) is 9.80 Å². The van der Waals surface area contributed by atoms with Crippen LogP contribution in [0.4, 0.5) is 0 Å². The molecule has 1 aromatic carbocycles. The third-order valence-electron chi connectivity index (χ3n) is 4.15. The molecule has 0 spiro atoms. The summed E-state index contributed by atoms with van der Waals surface area (Å²) in [6.45, 7) is 3.54. The highest BCUT2D eigenvalue weighted by molar-refractivity contribution is 5.79. The predicted molar refractivity (Wildman–Crippen MR) is 88.5 cm³/mol. The van der Waals surface area contributed by atoms with Gasteiger partial charge in [-0.05, 0) is 37.7 Å². The molecule has 2 rings (SSSR count). The fraction of sp³-hybridized carbons (Fsp3) is 0.588. The van der Waals surface area contributed by atoms with Gasteiger partial charge in [0.15, 0.2) is 11.5 Å². The second kappa shape index (κ2) is 8.06. The highest BCUT2D eigenvalue weighted by Crippen LogP contribution is 2.38. The van der Waals surface area contributed by atoms with Crippen molar-refractivity contribution in [1.29, 1.82) is 0 Å². The van der Waals surface area contributed by atoms with Crippen molar-refractivity contribution in [3.8, 4) is 17.2 Å². The standard InChI is InChI=1S/C17H26N2O4/c1-18-6-5-7-19(9-8-18)16(20)12-13-10-14(21-2)17(23-4)15(11-13)22-3/h10-11H,5-9,12H2,1-4H3. The van der Waals surface area contributed by atoms with Gasteiger partial charge in [0.1, 0.15) is 0 Å². The van der Waals surface area contributed by atoms with Crippen LogP contribution in [0.2, 0.25) is 0 Å². The Hall–Kier alpha value is -1.95. The molecule has 128 valence electrons. The normalized spacial score (nSPS) is 15.9. The number of carbonyl (C=O) groups is 1. The molecular weight excluding hydrogens is 296 g/mol. The van der Waals surface area contributed by atoms with Crippen LogP contribution in [-0.4, -0.2) is 70.3 Å². The van der Waals surface area contributed by atoms with E-state index in [9.17, 15) is 4.79 Å². The number of amides is 1. The van der Waals surface area contributed by atoms with Gasteiger partial charge in [0.2, 0.25) is 11.7 Å². The van der Waals surface area contributed by atoms with E-state index >= 15 is 0 Å². The third kappa shape index (κ3) is 4.28. The van der Waals surface area contributed by atoms with E-state index < -0.39 is 0 Å². The summed E-state index contributed by atoms with van der Waals surface area (Å²) >= 11 is 0. The van der Waals surface area contributed by atoms with Crippen LogP contribution in [0, 0.1) is 0 Å². The van der Waals surface area contributed by atoms with Gasteiger partial charge in [0.05, 0.1) is 27.8 Å². The number of carbonyl (C=O) groups excluding carboxylic acids is 1. The van der Waals surface area contributed by atoms with E-state index in [2.05, 4.69) is 11.9 Å². The van der Waals surface area contributed by atoms with E-state index in [1.54, 1.807) is 21.3 Å². The van der Waals surface area contributed by atoms with Gasteiger partial charge < -0.3 is 24.0 Å². The zero-order valence-electron chi connectivity index (χ0n) is 14.4. The van der Waals surface area contributed by atoms with Crippen LogP contribution in [-0.2, 0) is 11.2 Å². The molecule has 1 saturated heterocycles. The second-order valence-corrected chi connectivity index (χ2v) is 5.75. The summed E-state index contributed by atoms with van der Waals surface area (Å²) in [4.78, 5) is 16.8. The summed E-state index contributed by atoms with van der Waals surface area (Å²) in [7, 11) is 6.81. The summed E-state index contributed by atoms with van der Waals surface area (Å²) < 4.78 is 16.0. The molecule has 0 unspecified atom stereocenters. The molecule has 23 heavy (non-hydrogen) atoms. The lowest BCUT2D eigenvalue weighted by Gasteiger charge is -2.21. The molecule has 1 fully saturated rings. The van der Waals surface area contributed by atoms with E-state index in [-0.39, 0.29) is 5.91 Å². The van der Waals surface area contributed by atoms with Crippen molar-refractivity contribution in [3.63, 3.8) is 0 Å². The lowest BCUT2D eigenvalue weighted by Crippen LogP contribution is -2.35. The first-order valence-corrected chi connectivity index (χ1v) is 7.84. The number of nitrogens with zero attached hydrogens (tertiary/aromatic N) is 2. The minimum atomic E-state index is 0.134. The molecule has 1 aliphatic heterocycles. The predicted octanol–water partition coefficient (Wildman–Crippen LogP) is 1.42. The van der Waals surface area contributed by atoms with Crippen molar-refractivity contribution < 1.29 is 19.0 Å². The molecule has 0 aromatic heterocycles. The average Bonchev–Trinajstić information content (AvgIpc) is 2.78. The Morgan fingerprint density at radius 1 is 1.00 bits per heavy atom. The molecule has 0 N–H and O–H groups in total. The maximum atomic E-state index is 12.6. The minimum absolute atomic E-state index is 0.134. The van der Waals surface area contributed by atoms with Crippen molar-refractivity contribution >= 4 is 5.91 Å². The van der Waals surface area contributed by atoms with Crippen LogP contribution in [0.25, 0.3) is 0 Å². The van der Waals surface area contributed by atoms with Crippen LogP contribution in [0.3, 0.4) is 0 Å². The monoisotopic (exact) mass is 322 g/mol. The minimum Gasteiger partial charge on any atom is -0.493 e. The molecule has 6 heteroatoms. The number of likely N-dealkylation sites (N-methyl/N-ethyl adjacent to an activating group) is 1. The number of hydrogen-bond donors (Lipinski definition) is 0. The van der Waals surface area contributed by atoms with Gasteiger partial charge in [-0.1, -0.05) is 0 Å². The maximum Gasteiger partial charge on any atom is 0.227 e. The smallest absolute Gasteiger partial charge is 0.227 e. The number of ether oxygens (including phenoxy) is 3. The summed E-state index contributed by atoms with van der Waals surface area (Å²) in [5.74, 6) is 1.83. The molecule has 0 radical (unpaired) electrons. The largest absolute Gasteiger partial charge is 0.493 e. The molecule has 1 heterocycles. The van der Waals surface area contributed by atoms with Crippen LogP contribution in [0.1, 0.15) is 12.0 Å². The third-order valence-corrected chi connectivity index (χ3v) is 4.15. The molecule has 0 atom stereocenters. The summed E-state index contributed by atoms with van der Waals surface area (Å²) in [6, 6.07) is 3.67. The first-order valence-electron chi connectivity index (χ1n) is 7.84. The molecule has 1 aromatic rings. The Morgan fingerprint density at radius 2 is 1.65 bits per heavy atom. The summed E-state index contributed by atoms with van der Waals surface area (Å²) in [5, 5.41) is 0. The number of methoxy groups -OCH3 is 3. The van der Waals surface area contributed by atoms with Gasteiger partial charge in [-0.3, -0.25) is 4.79 Å². The van der Waals surface area contributed by atoms with Crippen LogP contribution >= 0.6 is 0 Å². The molecule has 1 aliphatic rings. The van der Waals surface area contributed by atoms with Crippen molar-refractivity contribution in [2.75, 3.05) is 54.6 Å². The first kappa shape index (κ1) is 17.4. The van der Waals surface area contributed by atoms with Gasteiger partial charge in [-0.15, -0.1) is 0 Å². The first-order chi connectivity index (χ1) is 11.1. The molecule has 0 saturated carbocycles. The van der Waals surface area contributed by atoms with E-state index in [0.29, 0.717) is 23.7 Å². The van der Waals surface area contributed by atoms with Gasteiger partial charge in [0, 0.05) is 19.6 Å². The summed E-state index contributed by atoms with van der Waals surface area (Å²) in [5.41, 5.74) is 0.863. The van der Waals surface area contributed by atoms with E-state index in [1.807, 2.05) is 17.0 Å². The lowest BCUT2D eigenvalue weighted by atomic mass is 10.1. The van der Waals surface area contributed by atoms with E-state index in [1.165, 1.54) is 0 Å². The van der Waals surface area contributed by atoms with E-state index in [0.717, 1.165) is 38.2 Å². The Labute approximate surface area is 137 Å². The Balaban J connectivity index is 2.14. The topological polar surface area (TPSA) is 51.2 Å². The zero-order valence-corrected chi connectivity index (χ0v) is 14.4. The van der Waals surface area contributed by atoms with E-state index in [4.69, 9.17) is 14.2 Å². The maximum absolute atomic E-state index is 12.6. The molecule has 0 bridgehead atoms. The highest BCUT2D eigenvalue weighted by atomic mass is 16.5. The Morgan fingerprint density at radius 3 is 2.22 bits per heavy atom. The van der Waals surface area contributed by atoms with Crippen molar-refractivity contribution in [3.05, 3.63) is 17.7 Å². The fourth-order valence-electron chi connectivity index (χ4n) is 2.82. The average molecular weight is 322 g/mol. The van der Waals surface area contributed by atoms with Gasteiger partial charge in [0.25, 0.3) is 0 Å². The Bertz CT molecular complexity index is 522. The zero-order chi connectivity index (χ0) is 16.8. The quantitative estimate of drug-likeness (QED) is 0.821. The molecule has 6 nitrogen and oxygen atoms in total. The second-order valence-electron chi connectivity index (χ2n) is 5.75. The van der Waals surface area contributed by atoms with Crippen LogP contribution < -0.4 is 14.2 Å². The fourth-order valence-corrected chi connectivity index (χ4v) is 2.82. The molecule has 0 aliphatic carbocycles. The number of rotatable bonds is 5. The van der Waals surface area contributed by atoms with Crippen molar-refractivity contribution in [2.45, 2.75) is 12.8 Å². The molecule has 1 amide bonds. The van der Waals surface area contributed by atoms with Crippen molar-refractivity contribution in [2.24, 2.45) is 0 Å². The number of hydrogen-bond acceptors (Lipinski definition) is 5. The van der Waals surface area contributed by atoms with Gasteiger partial charge in [-0.25, -0.2) is 0 Å². The van der Waals surface area contributed by atoms with Crippen LogP contribution in [0.5, 0.6) is 17.2 Å². The lowest BCUT2D eigenvalue weighted by molar-refractivity contribution is -0.130. The SMILES string of the molecule is COc1cc(CC(=O)N2CCCN(C)CC2)cc(OC)c1OC. The summed E-state index contributed by atoms with van der Waals surface area (Å²) in [6.07, 6.45) is 1.35. The Kier molecular flexibility index (Phi) is 6.10. The highest BCUT2D eigenvalue weighted by Gasteiger charge is 2.20. The van der Waals surface area contributed by atoms with Gasteiger partial charge >= 0.3 is 0 Å². The van der Waals surface area contributed by atoms with Gasteiger partial charge in [-0.2, -0.15) is 0 Å². The molecular formula is C17H26N2O4. The van der Waals surface area contributed by atoms with Crippen LogP contribution in [0.15, 0.2) is 12.1 Å². The number of benzene rings is 1.